The summed E-state index contributed by atoms with van der Waals surface area (Å²) in [6.45, 7) is 4.80. The van der Waals surface area contributed by atoms with Crippen LogP contribution < -0.4 is 5.32 Å². The number of carbonyl (C=O) groups is 1. The fraction of sp³-hybridized carbons (Fsp3) is 0.909. The predicted octanol–water partition coefficient (Wildman–Crippen LogP) is 2.65. The molecule has 1 saturated heterocycles. The molecule has 0 saturated carbocycles. The first-order valence-corrected chi connectivity index (χ1v) is 7.09. The summed E-state index contributed by atoms with van der Waals surface area (Å²) in [5.41, 5.74) is -0.00342. The van der Waals surface area contributed by atoms with Gasteiger partial charge < -0.3 is 5.32 Å². The Morgan fingerprint density at radius 3 is 2.80 bits per heavy atom. The Kier molecular flexibility index (Phi) is 5.27. The van der Waals surface area contributed by atoms with E-state index in [0.717, 1.165) is 12.2 Å². The van der Waals surface area contributed by atoms with E-state index in [1.807, 2.05) is 0 Å². The van der Waals surface area contributed by atoms with Crippen LogP contribution in [0.4, 0.5) is 0 Å². The SMILES string of the molecule is CC(C)(CCl)CNC(=O)C1CCCCS1. The van der Waals surface area contributed by atoms with Crippen LogP contribution >= 0.6 is 23.4 Å². The molecule has 1 unspecified atom stereocenters. The molecule has 0 aromatic carbocycles. The lowest BCUT2D eigenvalue weighted by atomic mass is 9.96. The van der Waals surface area contributed by atoms with Crippen LogP contribution in [0.2, 0.25) is 0 Å². The summed E-state index contributed by atoms with van der Waals surface area (Å²) in [6, 6.07) is 0. The summed E-state index contributed by atoms with van der Waals surface area (Å²) in [5.74, 6) is 1.89. The lowest BCUT2D eigenvalue weighted by molar-refractivity contribution is -0.121. The molecule has 1 heterocycles. The molecule has 4 heteroatoms. The quantitative estimate of drug-likeness (QED) is 0.777. The molecule has 0 aliphatic carbocycles. The van der Waals surface area contributed by atoms with E-state index in [9.17, 15) is 4.79 Å². The smallest absolute Gasteiger partial charge is 0.233 e. The maximum absolute atomic E-state index is 11.8. The van der Waals surface area contributed by atoms with Crippen LogP contribution in [0.1, 0.15) is 33.1 Å². The van der Waals surface area contributed by atoms with Gasteiger partial charge in [0.05, 0.1) is 5.25 Å². The molecule has 88 valence electrons. The number of carbonyl (C=O) groups excluding carboxylic acids is 1. The first kappa shape index (κ1) is 13.2. The van der Waals surface area contributed by atoms with Crippen molar-refractivity contribution in [2.24, 2.45) is 5.41 Å². The molecule has 1 atom stereocenters. The molecule has 0 bridgehead atoms. The summed E-state index contributed by atoms with van der Waals surface area (Å²) in [4.78, 5) is 11.8. The molecule has 1 N–H and O–H groups in total. The Morgan fingerprint density at radius 2 is 2.27 bits per heavy atom. The summed E-state index contributed by atoms with van der Waals surface area (Å²) in [5, 5.41) is 3.17. The summed E-state index contributed by atoms with van der Waals surface area (Å²) in [6.07, 6.45) is 3.46. The average molecular weight is 250 g/mol. The number of hydrogen-bond donors (Lipinski definition) is 1. The molecular formula is C11H20ClNOS. The van der Waals surface area contributed by atoms with Crippen molar-refractivity contribution in [3.05, 3.63) is 0 Å². The van der Waals surface area contributed by atoms with E-state index in [0.29, 0.717) is 12.4 Å². The van der Waals surface area contributed by atoms with Crippen LogP contribution in [0.15, 0.2) is 0 Å². The van der Waals surface area contributed by atoms with Crippen molar-refractivity contribution in [3.8, 4) is 0 Å². The van der Waals surface area contributed by atoms with Gasteiger partial charge in [-0.3, -0.25) is 4.79 Å². The molecule has 1 aliphatic rings. The van der Waals surface area contributed by atoms with Crippen LogP contribution in [0.25, 0.3) is 0 Å². The summed E-state index contributed by atoms with van der Waals surface area (Å²) in [7, 11) is 0. The average Bonchev–Trinajstić information content (AvgIpc) is 2.27. The number of halogens is 1. The molecule has 0 aromatic rings. The van der Waals surface area contributed by atoms with Gasteiger partial charge in [0.15, 0.2) is 0 Å². The summed E-state index contributed by atoms with van der Waals surface area (Å²) < 4.78 is 0. The first-order chi connectivity index (χ1) is 7.05. The van der Waals surface area contributed by atoms with Crippen LogP contribution in [0, 0.1) is 5.41 Å². The minimum absolute atomic E-state index is 0.00342. The zero-order valence-electron chi connectivity index (χ0n) is 9.51. The van der Waals surface area contributed by atoms with Gasteiger partial charge in [0.25, 0.3) is 0 Å². The van der Waals surface area contributed by atoms with E-state index < -0.39 is 0 Å². The van der Waals surface area contributed by atoms with Crippen molar-refractivity contribution < 1.29 is 4.79 Å². The minimum Gasteiger partial charge on any atom is -0.355 e. The van der Waals surface area contributed by atoms with Crippen LogP contribution in [-0.4, -0.2) is 29.3 Å². The number of hydrogen-bond acceptors (Lipinski definition) is 2. The Hall–Kier alpha value is 0.110. The molecule has 1 fully saturated rings. The van der Waals surface area contributed by atoms with E-state index in [1.54, 1.807) is 11.8 Å². The third-order valence-corrected chi connectivity index (χ3v) is 4.68. The van der Waals surface area contributed by atoms with Gasteiger partial charge in [-0.05, 0) is 24.0 Å². The van der Waals surface area contributed by atoms with Gasteiger partial charge in [-0.15, -0.1) is 23.4 Å². The van der Waals surface area contributed by atoms with E-state index in [-0.39, 0.29) is 16.6 Å². The zero-order chi connectivity index (χ0) is 11.3. The van der Waals surface area contributed by atoms with Crippen molar-refractivity contribution in [1.29, 1.82) is 0 Å². The Balaban J connectivity index is 2.28. The minimum atomic E-state index is -0.00342. The highest BCUT2D eigenvalue weighted by Crippen LogP contribution is 2.25. The highest BCUT2D eigenvalue weighted by Gasteiger charge is 2.24. The van der Waals surface area contributed by atoms with E-state index in [1.165, 1.54) is 12.8 Å². The van der Waals surface area contributed by atoms with Crippen LogP contribution in [0.3, 0.4) is 0 Å². The Labute approximate surface area is 102 Å². The Bertz CT molecular complexity index is 215. The fourth-order valence-electron chi connectivity index (χ4n) is 1.43. The van der Waals surface area contributed by atoms with Crippen molar-refractivity contribution in [3.63, 3.8) is 0 Å². The Morgan fingerprint density at radius 1 is 1.53 bits per heavy atom. The normalized spacial score (nSPS) is 22.5. The van der Waals surface area contributed by atoms with Gasteiger partial charge in [-0.25, -0.2) is 0 Å². The molecule has 1 rings (SSSR count). The standard InChI is InChI=1S/C11H20ClNOS/c1-11(2,7-12)8-13-10(14)9-5-3-4-6-15-9/h9H,3-8H2,1-2H3,(H,13,14). The molecule has 2 nitrogen and oxygen atoms in total. The molecule has 1 amide bonds. The maximum atomic E-state index is 11.8. The van der Waals surface area contributed by atoms with Gasteiger partial charge in [0, 0.05) is 12.4 Å². The van der Waals surface area contributed by atoms with Gasteiger partial charge >= 0.3 is 0 Å². The lowest BCUT2D eigenvalue weighted by Crippen LogP contribution is -2.40. The molecule has 0 spiro atoms. The van der Waals surface area contributed by atoms with Crippen LogP contribution in [0.5, 0.6) is 0 Å². The maximum Gasteiger partial charge on any atom is 0.233 e. The predicted molar refractivity (Wildman–Crippen MR) is 67.6 cm³/mol. The van der Waals surface area contributed by atoms with Crippen LogP contribution in [-0.2, 0) is 4.79 Å². The highest BCUT2D eigenvalue weighted by atomic mass is 35.5. The van der Waals surface area contributed by atoms with E-state index in [2.05, 4.69) is 19.2 Å². The monoisotopic (exact) mass is 249 g/mol. The summed E-state index contributed by atoms with van der Waals surface area (Å²) >= 11 is 7.59. The van der Waals surface area contributed by atoms with E-state index >= 15 is 0 Å². The van der Waals surface area contributed by atoms with Gasteiger partial charge in [0.2, 0.25) is 5.91 Å². The molecule has 0 aromatic heterocycles. The second kappa shape index (κ2) is 6.00. The number of rotatable bonds is 4. The molecule has 0 radical (unpaired) electrons. The molecule has 1 aliphatic heterocycles. The van der Waals surface area contributed by atoms with Crippen molar-refractivity contribution in [2.75, 3.05) is 18.2 Å². The third kappa shape index (κ3) is 4.64. The van der Waals surface area contributed by atoms with Crippen molar-refractivity contribution in [2.45, 2.75) is 38.4 Å². The largest absolute Gasteiger partial charge is 0.355 e. The number of alkyl halides is 1. The lowest BCUT2D eigenvalue weighted by Gasteiger charge is -2.25. The fourth-order valence-corrected chi connectivity index (χ4v) is 2.75. The second-order valence-corrected chi connectivity index (χ2v) is 6.45. The van der Waals surface area contributed by atoms with Gasteiger partial charge in [-0.2, -0.15) is 0 Å². The second-order valence-electron chi connectivity index (χ2n) is 4.87. The number of thioether (sulfide) groups is 1. The zero-order valence-corrected chi connectivity index (χ0v) is 11.1. The van der Waals surface area contributed by atoms with E-state index in [4.69, 9.17) is 11.6 Å². The molecular weight excluding hydrogens is 230 g/mol. The number of nitrogens with one attached hydrogen (secondary N) is 1. The molecule has 15 heavy (non-hydrogen) atoms. The van der Waals surface area contributed by atoms with Gasteiger partial charge in [0.1, 0.15) is 0 Å². The number of amides is 1. The highest BCUT2D eigenvalue weighted by molar-refractivity contribution is 8.00. The van der Waals surface area contributed by atoms with Crippen molar-refractivity contribution in [1.82, 2.24) is 5.32 Å². The van der Waals surface area contributed by atoms with Gasteiger partial charge in [-0.1, -0.05) is 20.3 Å². The third-order valence-electron chi connectivity index (χ3n) is 2.58. The topological polar surface area (TPSA) is 29.1 Å². The first-order valence-electron chi connectivity index (χ1n) is 5.50. The van der Waals surface area contributed by atoms with Crippen molar-refractivity contribution >= 4 is 29.3 Å².